The van der Waals surface area contributed by atoms with Crippen LogP contribution in [0.4, 0.5) is 0 Å². The zero-order valence-electron chi connectivity index (χ0n) is 11.8. The summed E-state index contributed by atoms with van der Waals surface area (Å²) in [6.07, 6.45) is 1.04. The van der Waals surface area contributed by atoms with Crippen LogP contribution in [0.5, 0.6) is 5.75 Å². The molecule has 0 saturated carbocycles. The van der Waals surface area contributed by atoms with Crippen LogP contribution in [0.2, 0.25) is 0 Å². The molecule has 0 unspecified atom stereocenters. The van der Waals surface area contributed by atoms with E-state index in [0.717, 1.165) is 38.4 Å². The minimum absolute atomic E-state index is 0.566. The highest BCUT2D eigenvalue weighted by Crippen LogP contribution is 2.12. The van der Waals surface area contributed by atoms with Gasteiger partial charge in [-0.1, -0.05) is 26.0 Å². The monoisotopic (exact) mass is 250 g/mol. The highest BCUT2D eigenvalue weighted by Gasteiger charge is 1.94. The van der Waals surface area contributed by atoms with Crippen molar-refractivity contribution in [3.63, 3.8) is 0 Å². The maximum Gasteiger partial charge on any atom is 0.119 e. The number of hydrogen-bond acceptors (Lipinski definition) is 3. The molecule has 0 radical (unpaired) electrons. The summed E-state index contributed by atoms with van der Waals surface area (Å²) in [4.78, 5) is 0. The van der Waals surface area contributed by atoms with Crippen LogP contribution in [0.15, 0.2) is 24.3 Å². The topological polar surface area (TPSA) is 33.3 Å². The van der Waals surface area contributed by atoms with E-state index in [1.165, 1.54) is 5.56 Å². The second kappa shape index (κ2) is 8.95. The van der Waals surface area contributed by atoms with Gasteiger partial charge in [0.2, 0.25) is 0 Å². The lowest BCUT2D eigenvalue weighted by Gasteiger charge is -2.09. The summed E-state index contributed by atoms with van der Waals surface area (Å²) in [7, 11) is 0. The zero-order chi connectivity index (χ0) is 13.2. The third-order valence-electron chi connectivity index (χ3n) is 2.61. The van der Waals surface area contributed by atoms with Crippen molar-refractivity contribution >= 4 is 0 Å². The van der Waals surface area contributed by atoms with Crippen LogP contribution in [0.1, 0.15) is 25.8 Å². The average Bonchev–Trinajstić information content (AvgIpc) is 2.32. The standard InChI is InChI=1S/C15H26N2O/c1-13(2)17-10-9-16-8-5-11-18-15-7-4-6-14(3)12-15/h4,6-7,12-13,16-17H,5,8-11H2,1-3H3. The Morgan fingerprint density at radius 2 is 2.00 bits per heavy atom. The van der Waals surface area contributed by atoms with Crippen molar-refractivity contribution in [3.8, 4) is 5.75 Å². The Balaban J connectivity index is 1.96. The van der Waals surface area contributed by atoms with Gasteiger partial charge in [0, 0.05) is 19.1 Å². The number of benzene rings is 1. The Hall–Kier alpha value is -1.06. The summed E-state index contributed by atoms with van der Waals surface area (Å²) in [5.74, 6) is 0.969. The molecule has 0 bridgehead atoms. The fourth-order valence-electron chi connectivity index (χ4n) is 1.67. The highest BCUT2D eigenvalue weighted by molar-refractivity contribution is 5.27. The lowest BCUT2D eigenvalue weighted by atomic mass is 10.2. The van der Waals surface area contributed by atoms with Gasteiger partial charge in [0.05, 0.1) is 6.61 Å². The van der Waals surface area contributed by atoms with Crippen LogP contribution >= 0.6 is 0 Å². The first kappa shape index (κ1) is 15.0. The van der Waals surface area contributed by atoms with Crippen molar-refractivity contribution in [3.05, 3.63) is 29.8 Å². The zero-order valence-corrected chi connectivity index (χ0v) is 11.8. The molecule has 0 heterocycles. The van der Waals surface area contributed by atoms with E-state index in [1.54, 1.807) is 0 Å². The Morgan fingerprint density at radius 1 is 1.17 bits per heavy atom. The Bertz CT molecular complexity index is 326. The molecule has 0 atom stereocenters. The Kier molecular flexibility index (Phi) is 7.46. The van der Waals surface area contributed by atoms with Crippen LogP contribution in [0.3, 0.4) is 0 Å². The van der Waals surface area contributed by atoms with Gasteiger partial charge in [-0.05, 0) is 37.6 Å². The molecule has 2 N–H and O–H groups in total. The minimum atomic E-state index is 0.566. The molecule has 0 aromatic heterocycles. The van der Waals surface area contributed by atoms with Crippen molar-refractivity contribution < 1.29 is 4.74 Å². The average molecular weight is 250 g/mol. The first-order chi connectivity index (χ1) is 8.68. The fourth-order valence-corrected chi connectivity index (χ4v) is 1.67. The number of ether oxygens (including phenoxy) is 1. The molecular formula is C15H26N2O. The molecule has 3 nitrogen and oxygen atoms in total. The Labute approximate surface area is 111 Å². The first-order valence-corrected chi connectivity index (χ1v) is 6.82. The highest BCUT2D eigenvalue weighted by atomic mass is 16.5. The molecule has 0 aliphatic carbocycles. The van der Waals surface area contributed by atoms with Gasteiger partial charge >= 0.3 is 0 Å². The summed E-state index contributed by atoms with van der Waals surface area (Å²) < 4.78 is 5.68. The maximum atomic E-state index is 5.68. The molecule has 0 amide bonds. The molecule has 0 aliphatic rings. The lowest BCUT2D eigenvalue weighted by molar-refractivity contribution is 0.308. The van der Waals surface area contributed by atoms with Gasteiger partial charge in [0.1, 0.15) is 5.75 Å². The van der Waals surface area contributed by atoms with E-state index in [2.05, 4.69) is 43.5 Å². The quantitative estimate of drug-likeness (QED) is 0.660. The normalized spacial score (nSPS) is 10.9. The van der Waals surface area contributed by atoms with E-state index in [-0.39, 0.29) is 0 Å². The van der Waals surface area contributed by atoms with E-state index in [4.69, 9.17) is 4.74 Å². The van der Waals surface area contributed by atoms with Gasteiger partial charge in [-0.25, -0.2) is 0 Å². The van der Waals surface area contributed by atoms with Crippen LogP contribution < -0.4 is 15.4 Å². The summed E-state index contributed by atoms with van der Waals surface area (Å²) in [6.45, 7) is 10.2. The summed E-state index contributed by atoms with van der Waals surface area (Å²) in [5.41, 5.74) is 1.24. The molecule has 1 rings (SSSR count). The van der Waals surface area contributed by atoms with Crippen LogP contribution in [0.25, 0.3) is 0 Å². The number of rotatable bonds is 9. The molecule has 18 heavy (non-hydrogen) atoms. The van der Waals surface area contributed by atoms with Gasteiger partial charge in [0.25, 0.3) is 0 Å². The van der Waals surface area contributed by atoms with Gasteiger partial charge in [-0.2, -0.15) is 0 Å². The fraction of sp³-hybridized carbons (Fsp3) is 0.600. The summed E-state index contributed by atoms with van der Waals surface area (Å²) >= 11 is 0. The molecule has 0 saturated heterocycles. The van der Waals surface area contributed by atoms with Crippen LogP contribution in [-0.2, 0) is 0 Å². The lowest BCUT2D eigenvalue weighted by Crippen LogP contribution is -2.32. The van der Waals surface area contributed by atoms with Crippen LogP contribution in [0, 0.1) is 6.92 Å². The second-order valence-corrected chi connectivity index (χ2v) is 4.88. The van der Waals surface area contributed by atoms with Gasteiger partial charge in [-0.3, -0.25) is 0 Å². The van der Waals surface area contributed by atoms with Crippen molar-refractivity contribution in [1.82, 2.24) is 10.6 Å². The molecule has 0 fully saturated rings. The van der Waals surface area contributed by atoms with Crippen molar-refractivity contribution in [1.29, 1.82) is 0 Å². The molecule has 1 aromatic carbocycles. The van der Waals surface area contributed by atoms with Crippen molar-refractivity contribution in [2.24, 2.45) is 0 Å². The van der Waals surface area contributed by atoms with Gasteiger partial charge in [-0.15, -0.1) is 0 Å². The predicted octanol–water partition coefficient (Wildman–Crippen LogP) is 2.35. The smallest absolute Gasteiger partial charge is 0.119 e. The third-order valence-corrected chi connectivity index (χ3v) is 2.61. The number of nitrogens with one attached hydrogen (secondary N) is 2. The molecule has 3 heteroatoms. The van der Waals surface area contributed by atoms with E-state index in [0.29, 0.717) is 6.04 Å². The largest absolute Gasteiger partial charge is 0.494 e. The second-order valence-electron chi connectivity index (χ2n) is 4.88. The van der Waals surface area contributed by atoms with E-state index in [9.17, 15) is 0 Å². The maximum absolute atomic E-state index is 5.68. The summed E-state index contributed by atoms with van der Waals surface area (Å²) in [5, 5.41) is 6.77. The SMILES string of the molecule is Cc1cccc(OCCCNCCNC(C)C)c1. The van der Waals surface area contributed by atoms with Gasteiger partial charge in [0.15, 0.2) is 0 Å². The van der Waals surface area contributed by atoms with Crippen molar-refractivity contribution in [2.45, 2.75) is 33.2 Å². The van der Waals surface area contributed by atoms with E-state index in [1.807, 2.05) is 12.1 Å². The molecular weight excluding hydrogens is 224 g/mol. The predicted molar refractivity (Wildman–Crippen MR) is 77.3 cm³/mol. The van der Waals surface area contributed by atoms with Gasteiger partial charge < -0.3 is 15.4 Å². The minimum Gasteiger partial charge on any atom is -0.494 e. The van der Waals surface area contributed by atoms with Crippen molar-refractivity contribution in [2.75, 3.05) is 26.2 Å². The van der Waals surface area contributed by atoms with E-state index >= 15 is 0 Å². The number of hydrogen-bond donors (Lipinski definition) is 2. The molecule has 102 valence electrons. The first-order valence-electron chi connectivity index (χ1n) is 6.82. The Morgan fingerprint density at radius 3 is 2.72 bits per heavy atom. The number of aryl methyl sites for hydroxylation is 1. The molecule has 1 aromatic rings. The van der Waals surface area contributed by atoms with Crippen LogP contribution in [-0.4, -0.2) is 32.3 Å². The summed E-state index contributed by atoms with van der Waals surface area (Å²) in [6, 6.07) is 8.75. The molecule has 0 aliphatic heterocycles. The molecule has 0 spiro atoms. The third kappa shape index (κ3) is 7.30. The van der Waals surface area contributed by atoms with E-state index < -0.39 is 0 Å².